The summed E-state index contributed by atoms with van der Waals surface area (Å²) in [6, 6.07) is 13.8. The molecule has 0 amide bonds. The van der Waals surface area contributed by atoms with Crippen LogP contribution in [0.25, 0.3) is 21.9 Å². The van der Waals surface area contributed by atoms with Crippen LogP contribution < -0.4 is 20.9 Å². The lowest BCUT2D eigenvalue weighted by molar-refractivity contribution is 0.0936. The molecule has 0 radical (unpaired) electrons. The lowest BCUT2D eigenvalue weighted by Gasteiger charge is -2.21. The molecule has 4 aromatic rings. The molecule has 0 saturated carbocycles. The predicted molar refractivity (Wildman–Crippen MR) is 132 cm³/mol. The summed E-state index contributed by atoms with van der Waals surface area (Å²) < 4.78 is 16.7. The second kappa shape index (κ2) is 9.55. The topological polar surface area (TPSA) is 90.0 Å². The highest BCUT2D eigenvalue weighted by atomic mass is 16.5. The zero-order valence-electron chi connectivity index (χ0n) is 19.7. The average molecular weight is 462 g/mol. The zero-order valence-corrected chi connectivity index (χ0v) is 19.7. The molecule has 2 heterocycles. The van der Waals surface area contributed by atoms with Crippen molar-refractivity contribution in [1.29, 1.82) is 0 Å². The molecule has 34 heavy (non-hydrogen) atoms. The fraction of sp³-hybridized carbons (Fsp3) is 0.296. The second-order valence-corrected chi connectivity index (χ2v) is 8.40. The van der Waals surface area contributed by atoms with Gasteiger partial charge in [-0.05, 0) is 50.2 Å². The minimum absolute atomic E-state index is 0.0234. The van der Waals surface area contributed by atoms with Gasteiger partial charge < -0.3 is 18.5 Å². The monoisotopic (exact) mass is 461 g/mol. The van der Waals surface area contributed by atoms with Gasteiger partial charge in [0.05, 0.1) is 0 Å². The Morgan fingerprint density at radius 3 is 2.41 bits per heavy atom. The summed E-state index contributed by atoms with van der Waals surface area (Å²) in [4.78, 5) is 38.9. The van der Waals surface area contributed by atoms with Crippen molar-refractivity contribution in [3.05, 3.63) is 80.5 Å². The summed E-state index contributed by atoms with van der Waals surface area (Å²) in [6.45, 7) is 9.46. The Labute approximate surface area is 196 Å². The van der Waals surface area contributed by atoms with E-state index in [1.54, 1.807) is 32.0 Å². The number of hydrogen-bond donors (Lipinski definition) is 0. The molecule has 7 heteroatoms. The SMILES string of the molecule is CCN(CC)c1ccc2c(COc3ccc4oc(=O)c(C(=O)C(C)C)cc4c3)cc(=O)oc2c1. The maximum Gasteiger partial charge on any atom is 0.347 e. The van der Waals surface area contributed by atoms with Gasteiger partial charge in [-0.15, -0.1) is 0 Å². The van der Waals surface area contributed by atoms with E-state index in [4.69, 9.17) is 13.6 Å². The normalized spacial score (nSPS) is 11.3. The first kappa shape index (κ1) is 23.3. The van der Waals surface area contributed by atoms with E-state index in [2.05, 4.69) is 18.7 Å². The molecule has 7 nitrogen and oxygen atoms in total. The third-order valence-corrected chi connectivity index (χ3v) is 5.83. The minimum Gasteiger partial charge on any atom is -0.489 e. The van der Waals surface area contributed by atoms with Crippen molar-refractivity contribution in [2.45, 2.75) is 34.3 Å². The van der Waals surface area contributed by atoms with Crippen molar-refractivity contribution in [3.63, 3.8) is 0 Å². The molecular weight excluding hydrogens is 434 g/mol. The van der Waals surface area contributed by atoms with E-state index in [0.717, 1.165) is 24.2 Å². The number of rotatable bonds is 8. The van der Waals surface area contributed by atoms with Gasteiger partial charge in [0.15, 0.2) is 5.78 Å². The van der Waals surface area contributed by atoms with Crippen LogP contribution in [0.15, 0.2) is 67.0 Å². The largest absolute Gasteiger partial charge is 0.489 e. The van der Waals surface area contributed by atoms with Gasteiger partial charge >= 0.3 is 11.3 Å². The van der Waals surface area contributed by atoms with Crippen LogP contribution in [0.4, 0.5) is 5.69 Å². The number of Topliss-reactive ketones (excluding diaryl/α,β-unsaturated/α-hetero) is 1. The number of carbonyl (C=O) groups excluding carboxylic acids is 1. The molecule has 4 rings (SSSR count). The molecule has 0 aliphatic heterocycles. The van der Waals surface area contributed by atoms with Gasteiger partial charge in [-0.25, -0.2) is 9.59 Å². The van der Waals surface area contributed by atoms with Gasteiger partial charge in [0.2, 0.25) is 0 Å². The Balaban J connectivity index is 1.65. The average Bonchev–Trinajstić information content (AvgIpc) is 2.82. The number of carbonyl (C=O) groups is 1. The fourth-order valence-corrected chi connectivity index (χ4v) is 3.96. The van der Waals surface area contributed by atoms with Crippen molar-refractivity contribution in [2.24, 2.45) is 5.92 Å². The van der Waals surface area contributed by atoms with E-state index in [0.29, 0.717) is 27.9 Å². The molecule has 0 atom stereocenters. The first-order valence-electron chi connectivity index (χ1n) is 11.4. The van der Waals surface area contributed by atoms with E-state index < -0.39 is 11.3 Å². The summed E-state index contributed by atoms with van der Waals surface area (Å²) >= 11 is 0. The minimum atomic E-state index is -0.647. The molecule has 0 aliphatic carbocycles. The van der Waals surface area contributed by atoms with E-state index >= 15 is 0 Å². The zero-order chi connectivity index (χ0) is 24.4. The molecule has 0 unspecified atom stereocenters. The van der Waals surface area contributed by atoms with Crippen molar-refractivity contribution < 1.29 is 18.4 Å². The molecule has 0 saturated heterocycles. The van der Waals surface area contributed by atoms with Crippen molar-refractivity contribution in [2.75, 3.05) is 18.0 Å². The van der Waals surface area contributed by atoms with Gasteiger partial charge in [-0.3, -0.25) is 4.79 Å². The van der Waals surface area contributed by atoms with E-state index in [9.17, 15) is 14.4 Å². The Morgan fingerprint density at radius 2 is 1.71 bits per heavy atom. The smallest absolute Gasteiger partial charge is 0.347 e. The highest BCUT2D eigenvalue weighted by Crippen LogP contribution is 2.26. The van der Waals surface area contributed by atoms with Crippen LogP contribution in [-0.2, 0) is 6.61 Å². The third kappa shape index (κ3) is 4.59. The van der Waals surface area contributed by atoms with Crippen LogP contribution in [0.5, 0.6) is 5.75 Å². The summed E-state index contributed by atoms with van der Waals surface area (Å²) in [5.74, 6) is -0.0703. The standard InChI is InChI=1S/C27H27NO6/c1-5-28(6-2)19-7-9-21-18(13-25(29)33-24(21)14-19)15-32-20-8-10-23-17(11-20)12-22(27(31)34-23)26(30)16(3)4/h7-14,16H,5-6,15H2,1-4H3. The van der Waals surface area contributed by atoms with Crippen LogP contribution in [-0.4, -0.2) is 18.9 Å². The number of nitrogens with zero attached hydrogens (tertiary/aromatic N) is 1. The summed E-state index contributed by atoms with van der Waals surface area (Å²) in [5.41, 5.74) is 1.50. The van der Waals surface area contributed by atoms with Crippen molar-refractivity contribution >= 4 is 33.4 Å². The number of fused-ring (bicyclic) bond motifs is 2. The highest BCUT2D eigenvalue weighted by molar-refractivity contribution is 5.99. The van der Waals surface area contributed by atoms with Crippen molar-refractivity contribution in [3.8, 4) is 5.75 Å². The molecule has 2 aromatic heterocycles. The summed E-state index contributed by atoms with van der Waals surface area (Å²) in [5, 5.41) is 1.38. The van der Waals surface area contributed by atoms with Crippen LogP contribution in [0.3, 0.4) is 0 Å². The summed E-state index contributed by atoms with van der Waals surface area (Å²) in [6.07, 6.45) is 0. The van der Waals surface area contributed by atoms with Gasteiger partial charge in [0.25, 0.3) is 0 Å². The van der Waals surface area contributed by atoms with Gasteiger partial charge in [0.1, 0.15) is 29.1 Å². The Hall–Kier alpha value is -3.87. The maximum atomic E-state index is 12.3. The van der Waals surface area contributed by atoms with Crippen LogP contribution in [0.1, 0.15) is 43.6 Å². The summed E-state index contributed by atoms with van der Waals surface area (Å²) in [7, 11) is 0. The van der Waals surface area contributed by atoms with Gasteiger partial charge in [-0.2, -0.15) is 0 Å². The number of anilines is 1. The van der Waals surface area contributed by atoms with Crippen molar-refractivity contribution in [1.82, 2.24) is 0 Å². The van der Waals surface area contributed by atoms with E-state index in [1.807, 2.05) is 18.2 Å². The second-order valence-electron chi connectivity index (χ2n) is 8.40. The van der Waals surface area contributed by atoms with E-state index in [1.165, 1.54) is 12.1 Å². The molecule has 0 spiro atoms. The number of ether oxygens (including phenoxy) is 1. The lowest BCUT2D eigenvalue weighted by Crippen LogP contribution is -2.21. The molecule has 0 bridgehead atoms. The number of hydrogen-bond acceptors (Lipinski definition) is 7. The molecular formula is C27H27NO6. The van der Waals surface area contributed by atoms with Gasteiger partial charge in [0, 0.05) is 53.2 Å². The molecule has 176 valence electrons. The first-order valence-corrected chi connectivity index (χ1v) is 11.4. The maximum absolute atomic E-state index is 12.3. The molecule has 0 N–H and O–H groups in total. The fourth-order valence-electron chi connectivity index (χ4n) is 3.96. The number of ketones is 1. The highest BCUT2D eigenvalue weighted by Gasteiger charge is 2.17. The Bertz CT molecular complexity index is 1480. The van der Waals surface area contributed by atoms with E-state index in [-0.39, 0.29) is 23.9 Å². The Morgan fingerprint density at radius 1 is 0.941 bits per heavy atom. The van der Waals surface area contributed by atoms with Crippen LogP contribution >= 0.6 is 0 Å². The van der Waals surface area contributed by atoms with Crippen LogP contribution in [0.2, 0.25) is 0 Å². The van der Waals surface area contributed by atoms with Gasteiger partial charge in [-0.1, -0.05) is 13.8 Å². The number of benzene rings is 2. The lowest BCUT2D eigenvalue weighted by atomic mass is 10.0. The first-order chi connectivity index (χ1) is 16.3. The molecule has 2 aromatic carbocycles. The molecule has 0 fully saturated rings. The predicted octanol–water partition coefficient (Wildman–Crippen LogP) is 5.16. The Kier molecular flexibility index (Phi) is 6.54. The van der Waals surface area contributed by atoms with Crippen LogP contribution in [0, 0.1) is 5.92 Å². The quantitative estimate of drug-likeness (QED) is 0.264. The third-order valence-electron chi connectivity index (χ3n) is 5.83. The molecule has 0 aliphatic rings.